The quantitative estimate of drug-likeness (QED) is 0.799. The number of hydrogen-bond acceptors (Lipinski definition) is 2. The predicted molar refractivity (Wildman–Crippen MR) is 90.9 cm³/mol. The van der Waals surface area contributed by atoms with Crippen molar-refractivity contribution in [2.24, 2.45) is 5.92 Å². The summed E-state index contributed by atoms with van der Waals surface area (Å²) in [5.41, 5.74) is 2.18. The average Bonchev–Trinajstić information content (AvgIpc) is 3.41. The number of benzene rings is 2. The highest BCUT2D eigenvalue weighted by atomic mass is 16.2. The van der Waals surface area contributed by atoms with Crippen LogP contribution in [0.2, 0.25) is 0 Å². The van der Waals surface area contributed by atoms with Crippen LogP contribution in [0.15, 0.2) is 66.9 Å². The Balaban J connectivity index is 1.46. The zero-order valence-corrected chi connectivity index (χ0v) is 12.8. The van der Waals surface area contributed by atoms with Crippen LogP contribution < -0.4 is 5.32 Å². The molecule has 1 aliphatic rings. The fraction of sp³-hybridized carbons (Fsp3) is 0.200. The van der Waals surface area contributed by atoms with Crippen LogP contribution in [0, 0.1) is 5.92 Å². The molecule has 1 heterocycles. The van der Waals surface area contributed by atoms with Gasteiger partial charge in [-0.15, -0.1) is 0 Å². The van der Waals surface area contributed by atoms with E-state index in [0.29, 0.717) is 12.5 Å². The van der Waals surface area contributed by atoms with Gasteiger partial charge in [0.2, 0.25) is 5.91 Å². The van der Waals surface area contributed by atoms with E-state index in [0.717, 1.165) is 12.1 Å². The van der Waals surface area contributed by atoms with E-state index in [9.17, 15) is 4.79 Å². The molecule has 1 amide bonds. The zero-order chi connectivity index (χ0) is 15.6. The second-order valence-corrected chi connectivity index (χ2v) is 6.06. The first kappa shape index (κ1) is 13.9. The van der Waals surface area contributed by atoms with Crippen LogP contribution in [0.25, 0.3) is 10.8 Å². The molecule has 0 saturated heterocycles. The normalized spacial score (nSPS) is 19.5. The van der Waals surface area contributed by atoms with Gasteiger partial charge in [0.05, 0.1) is 12.2 Å². The third-order valence-electron chi connectivity index (χ3n) is 4.52. The van der Waals surface area contributed by atoms with Gasteiger partial charge in [0, 0.05) is 12.1 Å². The van der Waals surface area contributed by atoms with Crippen LogP contribution in [0.3, 0.4) is 0 Å². The minimum atomic E-state index is 0.0875. The highest BCUT2D eigenvalue weighted by Gasteiger charge is 2.44. The number of hydrogen-bond donors (Lipinski definition) is 1. The third-order valence-corrected chi connectivity index (χ3v) is 4.52. The Morgan fingerprint density at radius 3 is 2.74 bits per heavy atom. The molecule has 23 heavy (non-hydrogen) atoms. The van der Waals surface area contributed by atoms with Gasteiger partial charge in [-0.05, 0) is 40.8 Å². The molecule has 3 aromatic rings. The lowest BCUT2D eigenvalue weighted by Crippen LogP contribution is -2.25. The molecule has 1 fully saturated rings. The van der Waals surface area contributed by atoms with Crippen LogP contribution in [0.1, 0.15) is 23.6 Å². The fourth-order valence-electron chi connectivity index (χ4n) is 3.21. The van der Waals surface area contributed by atoms with E-state index in [1.54, 1.807) is 6.20 Å². The topological polar surface area (TPSA) is 42.0 Å². The molecule has 0 radical (unpaired) electrons. The van der Waals surface area contributed by atoms with Crippen LogP contribution in [0.5, 0.6) is 0 Å². The van der Waals surface area contributed by atoms with Crippen molar-refractivity contribution in [3.05, 3.63) is 78.1 Å². The third kappa shape index (κ3) is 2.82. The number of fused-ring (bicyclic) bond motifs is 1. The van der Waals surface area contributed by atoms with Crippen molar-refractivity contribution in [1.82, 2.24) is 10.3 Å². The number of carbonyl (C=O) groups is 1. The van der Waals surface area contributed by atoms with Crippen LogP contribution in [-0.2, 0) is 11.3 Å². The summed E-state index contributed by atoms with van der Waals surface area (Å²) in [4.78, 5) is 16.6. The van der Waals surface area contributed by atoms with E-state index >= 15 is 0 Å². The first-order valence-corrected chi connectivity index (χ1v) is 7.98. The molecule has 2 atom stereocenters. The van der Waals surface area contributed by atoms with Gasteiger partial charge >= 0.3 is 0 Å². The average molecular weight is 302 g/mol. The van der Waals surface area contributed by atoms with E-state index in [4.69, 9.17) is 0 Å². The molecule has 1 N–H and O–H groups in total. The minimum Gasteiger partial charge on any atom is -0.350 e. The molecule has 3 nitrogen and oxygen atoms in total. The second-order valence-electron chi connectivity index (χ2n) is 6.06. The Bertz CT molecular complexity index is 839. The van der Waals surface area contributed by atoms with Crippen molar-refractivity contribution in [2.45, 2.75) is 18.9 Å². The molecule has 1 aromatic heterocycles. The number of nitrogens with zero attached hydrogens (tertiary/aromatic N) is 1. The smallest absolute Gasteiger partial charge is 0.224 e. The largest absolute Gasteiger partial charge is 0.350 e. The van der Waals surface area contributed by atoms with Gasteiger partial charge in [0.25, 0.3) is 0 Å². The molecule has 0 aliphatic heterocycles. The van der Waals surface area contributed by atoms with E-state index < -0.39 is 0 Å². The molecule has 2 aromatic carbocycles. The Labute approximate surface area is 135 Å². The molecular weight excluding hydrogens is 284 g/mol. The summed E-state index contributed by atoms with van der Waals surface area (Å²) in [6.07, 6.45) is 2.68. The molecule has 114 valence electrons. The lowest BCUT2D eigenvalue weighted by atomic mass is 10.00. The standard InChI is InChI=1S/C20H18N2O/c23-20(22-13-15-8-3-4-11-21-15)19-12-18(19)17-10-5-7-14-6-1-2-9-16(14)17/h1-11,18-19H,12-13H2,(H,22,23)/t18-,19-/m0/s1. The summed E-state index contributed by atoms with van der Waals surface area (Å²) >= 11 is 0. The molecular formula is C20H18N2O. The summed E-state index contributed by atoms with van der Waals surface area (Å²) in [5.74, 6) is 0.558. The van der Waals surface area contributed by atoms with Crippen LogP contribution in [-0.4, -0.2) is 10.9 Å². The van der Waals surface area contributed by atoms with E-state index in [1.807, 2.05) is 18.2 Å². The highest BCUT2D eigenvalue weighted by molar-refractivity contribution is 5.89. The van der Waals surface area contributed by atoms with Crippen LogP contribution in [0.4, 0.5) is 0 Å². The van der Waals surface area contributed by atoms with E-state index in [2.05, 4.69) is 52.8 Å². The number of nitrogens with one attached hydrogen (secondary N) is 1. The summed E-state index contributed by atoms with van der Waals surface area (Å²) in [6.45, 7) is 0.498. The summed E-state index contributed by atoms with van der Waals surface area (Å²) in [5, 5.41) is 5.51. The van der Waals surface area contributed by atoms with Gasteiger partial charge in [-0.3, -0.25) is 9.78 Å². The Morgan fingerprint density at radius 1 is 1.04 bits per heavy atom. The minimum absolute atomic E-state index is 0.0875. The number of aromatic nitrogens is 1. The van der Waals surface area contributed by atoms with E-state index in [-0.39, 0.29) is 11.8 Å². The molecule has 0 spiro atoms. The van der Waals surface area contributed by atoms with Crippen molar-refractivity contribution in [2.75, 3.05) is 0 Å². The highest BCUT2D eigenvalue weighted by Crippen LogP contribution is 2.49. The van der Waals surface area contributed by atoms with Gasteiger partial charge in [-0.2, -0.15) is 0 Å². The number of amides is 1. The van der Waals surface area contributed by atoms with Gasteiger partial charge in [-0.25, -0.2) is 0 Å². The summed E-state index contributed by atoms with van der Waals surface area (Å²) < 4.78 is 0. The maximum Gasteiger partial charge on any atom is 0.224 e. The van der Waals surface area contributed by atoms with Gasteiger partial charge in [-0.1, -0.05) is 48.5 Å². The molecule has 1 saturated carbocycles. The Hall–Kier alpha value is -2.68. The Morgan fingerprint density at radius 2 is 1.87 bits per heavy atom. The molecule has 3 heteroatoms. The lowest BCUT2D eigenvalue weighted by Gasteiger charge is -2.07. The summed E-state index contributed by atoms with van der Waals surface area (Å²) in [7, 11) is 0. The monoisotopic (exact) mass is 302 g/mol. The van der Waals surface area contributed by atoms with E-state index in [1.165, 1.54) is 16.3 Å². The number of pyridine rings is 1. The van der Waals surface area contributed by atoms with Crippen molar-refractivity contribution in [1.29, 1.82) is 0 Å². The van der Waals surface area contributed by atoms with Gasteiger partial charge in [0.15, 0.2) is 0 Å². The molecule has 1 aliphatic carbocycles. The second kappa shape index (κ2) is 5.84. The van der Waals surface area contributed by atoms with Crippen molar-refractivity contribution in [3.8, 4) is 0 Å². The van der Waals surface area contributed by atoms with Crippen molar-refractivity contribution < 1.29 is 4.79 Å². The number of rotatable bonds is 4. The maximum atomic E-state index is 12.4. The fourth-order valence-corrected chi connectivity index (χ4v) is 3.21. The Kier molecular flexibility index (Phi) is 3.54. The molecule has 0 bridgehead atoms. The van der Waals surface area contributed by atoms with Crippen molar-refractivity contribution >= 4 is 16.7 Å². The molecule has 0 unspecified atom stereocenters. The zero-order valence-electron chi connectivity index (χ0n) is 12.8. The SMILES string of the molecule is O=C(NCc1ccccn1)[C@H]1C[C@H]1c1cccc2ccccc12. The van der Waals surface area contributed by atoms with Crippen molar-refractivity contribution in [3.63, 3.8) is 0 Å². The van der Waals surface area contributed by atoms with Gasteiger partial charge in [0.1, 0.15) is 0 Å². The van der Waals surface area contributed by atoms with Gasteiger partial charge < -0.3 is 5.32 Å². The number of carbonyl (C=O) groups excluding carboxylic acids is 1. The first-order chi connectivity index (χ1) is 11.3. The predicted octanol–water partition coefficient (Wildman–Crippen LogP) is 3.65. The van der Waals surface area contributed by atoms with Crippen LogP contribution >= 0.6 is 0 Å². The first-order valence-electron chi connectivity index (χ1n) is 7.98. The lowest BCUT2D eigenvalue weighted by molar-refractivity contribution is -0.122. The molecule has 4 rings (SSSR count). The summed E-state index contributed by atoms with van der Waals surface area (Å²) in [6, 6.07) is 20.5. The maximum absolute atomic E-state index is 12.4.